The lowest BCUT2D eigenvalue weighted by atomic mass is 10.00. The second-order valence-corrected chi connectivity index (χ2v) is 6.97. The van der Waals surface area contributed by atoms with Gasteiger partial charge < -0.3 is 21.5 Å². The molecule has 0 spiro atoms. The number of amides is 3. The summed E-state index contributed by atoms with van der Waals surface area (Å²) in [5.74, 6) is -2.87. The number of rotatable bonds is 8. The molecule has 0 radical (unpaired) electrons. The zero-order chi connectivity index (χ0) is 23.1. The van der Waals surface area contributed by atoms with Crippen LogP contribution in [0.2, 0.25) is 0 Å². The second kappa shape index (κ2) is 10.0. The van der Waals surface area contributed by atoms with E-state index < -0.39 is 30.3 Å². The minimum atomic E-state index is -0.787. The van der Waals surface area contributed by atoms with Crippen LogP contribution in [0.5, 0.6) is 0 Å². The van der Waals surface area contributed by atoms with Crippen LogP contribution in [0.3, 0.4) is 0 Å². The van der Waals surface area contributed by atoms with E-state index in [1.165, 1.54) is 18.2 Å². The molecule has 0 unspecified atom stereocenters. The summed E-state index contributed by atoms with van der Waals surface area (Å²) in [5.41, 5.74) is 12.8. The highest BCUT2D eigenvalue weighted by Gasteiger charge is 2.16. The number of carbonyl (C=O) groups excluding carboxylic acids is 4. The Kier molecular flexibility index (Phi) is 6.97. The minimum absolute atomic E-state index is 0.00318. The molecule has 0 heterocycles. The first-order valence-electron chi connectivity index (χ1n) is 9.67. The number of nitrogens with one attached hydrogen (secondary N) is 1. The summed E-state index contributed by atoms with van der Waals surface area (Å²) in [6, 6.07) is 20.5. The molecule has 0 aromatic heterocycles. The van der Waals surface area contributed by atoms with E-state index in [2.05, 4.69) is 5.32 Å². The quantitative estimate of drug-likeness (QED) is 0.469. The molecule has 3 aromatic carbocycles. The highest BCUT2D eigenvalue weighted by molar-refractivity contribution is 6.02. The fraction of sp³-hybridized carbons (Fsp3) is 0.0833. The Hall–Kier alpha value is -4.46. The molecule has 3 aromatic rings. The highest BCUT2D eigenvalue weighted by Crippen LogP contribution is 2.17. The van der Waals surface area contributed by atoms with Gasteiger partial charge in [0.15, 0.2) is 6.61 Å². The topological polar surface area (TPSA) is 142 Å². The van der Waals surface area contributed by atoms with Crippen LogP contribution in [0.1, 0.15) is 42.2 Å². The number of hydrogen-bond donors (Lipinski definition) is 3. The van der Waals surface area contributed by atoms with Crippen LogP contribution in [0.15, 0.2) is 72.8 Å². The molecule has 8 nitrogen and oxygen atoms in total. The van der Waals surface area contributed by atoms with Gasteiger partial charge in [0, 0.05) is 16.8 Å². The van der Waals surface area contributed by atoms with Crippen LogP contribution in [0.25, 0.3) is 0 Å². The molecule has 5 N–H and O–H groups in total. The molecule has 0 fully saturated rings. The number of anilines is 1. The van der Waals surface area contributed by atoms with Crippen molar-refractivity contribution in [1.82, 2.24) is 0 Å². The Morgan fingerprint density at radius 3 is 2.00 bits per heavy atom. The number of hydrogen-bond acceptors (Lipinski definition) is 5. The van der Waals surface area contributed by atoms with Gasteiger partial charge >= 0.3 is 5.97 Å². The van der Waals surface area contributed by atoms with E-state index in [1.54, 1.807) is 12.1 Å². The van der Waals surface area contributed by atoms with Crippen molar-refractivity contribution in [3.05, 3.63) is 101 Å². The van der Waals surface area contributed by atoms with Crippen LogP contribution in [-0.4, -0.2) is 30.3 Å². The molecule has 3 amide bonds. The Morgan fingerprint density at radius 2 is 1.38 bits per heavy atom. The molecule has 0 aliphatic heterocycles. The third kappa shape index (κ3) is 5.79. The van der Waals surface area contributed by atoms with Gasteiger partial charge in [0.05, 0.1) is 5.56 Å². The first-order valence-corrected chi connectivity index (χ1v) is 9.67. The van der Waals surface area contributed by atoms with Crippen molar-refractivity contribution in [2.24, 2.45) is 11.5 Å². The largest absolute Gasteiger partial charge is 0.452 e. The number of carbonyl (C=O) groups is 4. The zero-order valence-electron chi connectivity index (χ0n) is 17.0. The van der Waals surface area contributed by atoms with E-state index >= 15 is 0 Å². The van der Waals surface area contributed by atoms with Gasteiger partial charge in [0.25, 0.3) is 5.91 Å². The van der Waals surface area contributed by atoms with Gasteiger partial charge in [-0.15, -0.1) is 0 Å². The molecule has 0 aliphatic rings. The Balaban J connectivity index is 1.67. The Bertz CT molecular complexity index is 1140. The summed E-state index contributed by atoms with van der Waals surface area (Å²) >= 11 is 0. The number of ether oxygens (including phenoxy) is 1. The molecular weight excluding hydrogens is 410 g/mol. The lowest BCUT2D eigenvalue weighted by molar-refractivity contribution is -0.119. The molecule has 0 saturated carbocycles. The first kappa shape index (κ1) is 22.2. The maximum Gasteiger partial charge on any atom is 0.338 e. The fourth-order valence-electron chi connectivity index (χ4n) is 3.08. The third-order valence-electron chi connectivity index (χ3n) is 4.59. The summed E-state index contributed by atoms with van der Waals surface area (Å²) in [4.78, 5) is 47.7. The zero-order valence-corrected chi connectivity index (χ0v) is 17.0. The van der Waals surface area contributed by atoms with Gasteiger partial charge in [0.2, 0.25) is 11.8 Å². The van der Waals surface area contributed by atoms with Gasteiger partial charge in [-0.25, -0.2) is 4.79 Å². The van der Waals surface area contributed by atoms with Gasteiger partial charge in [-0.1, -0.05) is 48.5 Å². The Labute approximate surface area is 184 Å². The van der Waals surface area contributed by atoms with Crippen molar-refractivity contribution in [2.75, 3.05) is 11.9 Å². The maximum absolute atomic E-state index is 12.6. The molecular formula is C24H21N3O5. The van der Waals surface area contributed by atoms with E-state index in [-0.39, 0.29) is 16.8 Å². The minimum Gasteiger partial charge on any atom is -0.452 e. The van der Waals surface area contributed by atoms with Crippen LogP contribution in [0.4, 0.5) is 5.69 Å². The number of primary amides is 2. The third-order valence-corrected chi connectivity index (χ3v) is 4.59. The van der Waals surface area contributed by atoms with Crippen molar-refractivity contribution in [2.45, 2.75) is 6.42 Å². The number of benzene rings is 3. The van der Waals surface area contributed by atoms with E-state index in [4.69, 9.17) is 16.2 Å². The van der Waals surface area contributed by atoms with Crippen LogP contribution in [0, 0.1) is 0 Å². The highest BCUT2D eigenvalue weighted by atomic mass is 16.5. The molecule has 0 saturated heterocycles. The van der Waals surface area contributed by atoms with Crippen molar-refractivity contribution in [3.8, 4) is 0 Å². The SMILES string of the molecule is NC(=O)c1cc(NC(=O)COC(=O)c2ccccc2Cc2ccccc2)cc(C(N)=O)c1. The summed E-state index contributed by atoms with van der Waals surface area (Å²) in [6.07, 6.45) is 0.536. The van der Waals surface area contributed by atoms with Crippen LogP contribution in [-0.2, 0) is 16.0 Å². The predicted molar refractivity (Wildman–Crippen MR) is 118 cm³/mol. The maximum atomic E-state index is 12.6. The number of nitrogens with two attached hydrogens (primary N) is 2. The van der Waals surface area contributed by atoms with Crippen molar-refractivity contribution < 1.29 is 23.9 Å². The predicted octanol–water partition coefficient (Wildman–Crippen LogP) is 2.27. The smallest absolute Gasteiger partial charge is 0.338 e. The lowest BCUT2D eigenvalue weighted by Gasteiger charge is -2.11. The van der Waals surface area contributed by atoms with Gasteiger partial charge in [-0.3, -0.25) is 14.4 Å². The van der Waals surface area contributed by atoms with Crippen molar-refractivity contribution in [1.29, 1.82) is 0 Å². The van der Waals surface area contributed by atoms with Gasteiger partial charge in [-0.2, -0.15) is 0 Å². The van der Waals surface area contributed by atoms with Crippen LogP contribution < -0.4 is 16.8 Å². The monoisotopic (exact) mass is 431 g/mol. The molecule has 0 bridgehead atoms. The first-order chi connectivity index (χ1) is 15.3. The standard InChI is InChI=1S/C24H21N3O5/c25-22(29)17-11-18(23(26)30)13-19(12-17)27-21(28)14-32-24(31)20-9-5-4-8-16(20)10-15-6-2-1-3-7-15/h1-9,11-13H,10,14H2,(H2,25,29)(H2,26,30)(H,27,28). The van der Waals surface area contributed by atoms with Crippen molar-refractivity contribution >= 4 is 29.4 Å². The summed E-state index contributed by atoms with van der Waals surface area (Å²) in [6.45, 7) is -0.564. The normalized spacial score (nSPS) is 10.2. The van der Waals surface area contributed by atoms with E-state index in [9.17, 15) is 19.2 Å². The summed E-state index contributed by atoms with van der Waals surface area (Å²) in [7, 11) is 0. The van der Waals surface area contributed by atoms with Crippen LogP contribution >= 0.6 is 0 Å². The van der Waals surface area contributed by atoms with Gasteiger partial charge in [-0.05, 0) is 41.8 Å². The lowest BCUT2D eigenvalue weighted by Crippen LogP contribution is -2.22. The van der Waals surface area contributed by atoms with E-state index in [0.29, 0.717) is 12.0 Å². The van der Waals surface area contributed by atoms with Crippen molar-refractivity contribution in [3.63, 3.8) is 0 Å². The molecule has 8 heteroatoms. The summed E-state index contributed by atoms with van der Waals surface area (Å²) < 4.78 is 5.16. The van der Waals surface area contributed by atoms with E-state index in [1.807, 2.05) is 42.5 Å². The molecule has 3 rings (SSSR count). The second-order valence-electron chi connectivity index (χ2n) is 6.97. The average Bonchev–Trinajstić information content (AvgIpc) is 2.78. The number of esters is 1. The molecule has 32 heavy (non-hydrogen) atoms. The molecule has 0 aliphatic carbocycles. The molecule has 162 valence electrons. The van der Waals surface area contributed by atoms with Gasteiger partial charge in [0.1, 0.15) is 0 Å². The summed E-state index contributed by atoms with van der Waals surface area (Å²) in [5, 5.41) is 2.46. The Morgan fingerprint density at radius 1 is 0.781 bits per heavy atom. The molecule has 0 atom stereocenters. The fourth-order valence-corrected chi connectivity index (χ4v) is 3.08. The van der Waals surface area contributed by atoms with E-state index in [0.717, 1.165) is 11.1 Å². The average molecular weight is 431 g/mol.